The quantitative estimate of drug-likeness (QED) is 0.573. The first-order chi connectivity index (χ1) is 14.5. The van der Waals surface area contributed by atoms with E-state index in [9.17, 15) is 22.8 Å². The number of carbonyl (C=O) groups excluding carboxylic acids is 2. The van der Waals surface area contributed by atoms with Crippen LogP contribution in [0.25, 0.3) is 5.69 Å². The highest BCUT2D eigenvalue weighted by Gasteiger charge is 2.40. The van der Waals surface area contributed by atoms with Gasteiger partial charge in [0, 0.05) is 24.8 Å². The summed E-state index contributed by atoms with van der Waals surface area (Å²) in [7, 11) is 3.09. The Labute approximate surface area is 185 Å². The molecule has 3 aromatic rings. The summed E-state index contributed by atoms with van der Waals surface area (Å²) in [6.45, 7) is 0. The van der Waals surface area contributed by atoms with Gasteiger partial charge in [-0.3, -0.25) is 9.59 Å². The first-order valence-corrected chi connectivity index (χ1v) is 9.48. The summed E-state index contributed by atoms with van der Waals surface area (Å²) < 4.78 is 41.9. The lowest BCUT2D eigenvalue weighted by atomic mass is 10.1. The molecule has 6 nitrogen and oxygen atoms in total. The van der Waals surface area contributed by atoms with E-state index in [4.69, 9.17) is 23.2 Å². The smallest absolute Gasteiger partial charge is 0.345 e. The Hall–Kier alpha value is -3.04. The van der Waals surface area contributed by atoms with E-state index in [-0.39, 0.29) is 27.9 Å². The average Bonchev–Trinajstić information content (AvgIpc) is 3.14. The van der Waals surface area contributed by atoms with Crippen molar-refractivity contribution in [2.24, 2.45) is 0 Å². The fraction of sp³-hybridized carbons (Fsp3) is 0.150. The second-order valence-electron chi connectivity index (χ2n) is 6.64. The second kappa shape index (κ2) is 8.60. The van der Waals surface area contributed by atoms with Crippen LogP contribution in [0.2, 0.25) is 10.0 Å². The molecule has 0 saturated carbocycles. The van der Waals surface area contributed by atoms with E-state index in [1.165, 1.54) is 47.4 Å². The molecule has 0 spiro atoms. The van der Waals surface area contributed by atoms with Crippen molar-refractivity contribution in [3.63, 3.8) is 0 Å². The van der Waals surface area contributed by atoms with E-state index in [1.54, 1.807) is 14.1 Å². The Kier molecular flexibility index (Phi) is 6.28. The first-order valence-electron chi connectivity index (χ1n) is 8.72. The van der Waals surface area contributed by atoms with Gasteiger partial charge in [0.1, 0.15) is 0 Å². The summed E-state index contributed by atoms with van der Waals surface area (Å²) in [5.41, 5.74) is -1.51. The van der Waals surface area contributed by atoms with Crippen molar-refractivity contribution in [2.75, 3.05) is 19.4 Å². The molecule has 0 radical (unpaired) electrons. The normalized spacial score (nSPS) is 11.3. The van der Waals surface area contributed by atoms with E-state index >= 15 is 0 Å². The molecular weight excluding hydrogens is 456 g/mol. The number of nitrogens with one attached hydrogen (secondary N) is 1. The van der Waals surface area contributed by atoms with Crippen molar-refractivity contribution < 1.29 is 22.8 Å². The summed E-state index contributed by atoms with van der Waals surface area (Å²) in [6.07, 6.45) is -4.03. The maximum Gasteiger partial charge on any atom is 0.434 e. The lowest BCUT2D eigenvalue weighted by Crippen LogP contribution is -2.22. The fourth-order valence-electron chi connectivity index (χ4n) is 2.77. The van der Waals surface area contributed by atoms with Crippen molar-refractivity contribution in [3.8, 4) is 5.69 Å². The highest BCUT2D eigenvalue weighted by atomic mass is 35.5. The number of aromatic nitrogens is 2. The summed E-state index contributed by atoms with van der Waals surface area (Å²) in [6, 6.07) is 9.57. The predicted molar refractivity (Wildman–Crippen MR) is 111 cm³/mol. The summed E-state index contributed by atoms with van der Waals surface area (Å²) in [5.74, 6) is -1.39. The molecule has 0 aliphatic rings. The number of carbonyl (C=O) groups is 2. The minimum atomic E-state index is -4.86. The highest BCUT2D eigenvalue weighted by molar-refractivity contribution is 6.34. The van der Waals surface area contributed by atoms with Gasteiger partial charge < -0.3 is 10.2 Å². The van der Waals surface area contributed by atoms with Crippen molar-refractivity contribution in [1.82, 2.24) is 14.7 Å². The molecule has 0 fully saturated rings. The number of anilines is 1. The molecule has 1 heterocycles. The maximum absolute atomic E-state index is 13.8. The molecule has 162 valence electrons. The van der Waals surface area contributed by atoms with Crippen LogP contribution in [0, 0.1) is 0 Å². The van der Waals surface area contributed by atoms with Crippen molar-refractivity contribution in [2.45, 2.75) is 6.18 Å². The van der Waals surface area contributed by atoms with Crippen LogP contribution >= 0.6 is 23.2 Å². The number of halogens is 5. The minimum absolute atomic E-state index is 0.0457. The predicted octanol–water partition coefficient (Wildman–Crippen LogP) is 5.15. The van der Waals surface area contributed by atoms with Gasteiger partial charge in [-0.1, -0.05) is 23.2 Å². The Bertz CT molecular complexity index is 1140. The largest absolute Gasteiger partial charge is 0.434 e. The number of nitrogens with zero attached hydrogens (tertiary/aromatic N) is 3. The third-order valence-corrected chi connectivity index (χ3v) is 4.78. The molecular formula is C20H15Cl2F3N4O2. The number of benzene rings is 2. The lowest BCUT2D eigenvalue weighted by molar-refractivity contribution is -0.143. The topological polar surface area (TPSA) is 67.2 Å². The first kappa shape index (κ1) is 22.6. The van der Waals surface area contributed by atoms with E-state index in [1.807, 2.05) is 0 Å². The molecule has 0 atom stereocenters. The van der Waals surface area contributed by atoms with Crippen molar-refractivity contribution in [3.05, 3.63) is 75.5 Å². The molecule has 1 aromatic heterocycles. The third-order valence-electron chi connectivity index (χ3n) is 4.22. The van der Waals surface area contributed by atoms with E-state index in [0.717, 1.165) is 6.20 Å². The number of amides is 2. The summed E-state index contributed by atoms with van der Waals surface area (Å²) in [4.78, 5) is 26.0. The summed E-state index contributed by atoms with van der Waals surface area (Å²) >= 11 is 11.9. The molecule has 0 bridgehead atoms. The zero-order chi connectivity index (χ0) is 22.9. The SMILES string of the molecule is CN(C)C(=O)c1ccc(NC(=O)c2cnn(-c3ccc(Cl)cc3)c2C(F)(F)F)cc1Cl. The van der Waals surface area contributed by atoms with Crippen LogP contribution < -0.4 is 5.32 Å². The van der Waals surface area contributed by atoms with Gasteiger partial charge in [0.25, 0.3) is 11.8 Å². The molecule has 0 saturated heterocycles. The van der Waals surface area contributed by atoms with Gasteiger partial charge in [0.2, 0.25) is 0 Å². The molecule has 2 aromatic carbocycles. The molecule has 2 amide bonds. The third kappa shape index (κ3) is 4.83. The highest BCUT2D eigenvalue weighted by Crippen LogP contribution is 2.34. The van der Waals surface area contributed by atoms with Crippen LogP contribution in [0.3, 0.4) is 0 Å². The second-order valence-corrected chi connectivity index (χ2v) is 7.48. The Morgan fingerprint density at radius 2 is 1.68 bits per heavy atom. The molecule has 3 rings (SSSR count). The van der Waals surface area contributed by atoms with Gasteiger partial charge in [0.05, 0.1) is 28.0 Å². The van der Waals surface area contributed by atoms with Gasteiger partial charge in [-0.05, 0) is 42.5 Å². The van der Waals surface area contributed by atoms with Crippen LogP contribution in [0.15, 0.2) is 48.7 Å². The van der Waals surface area contributed by atoms with Gasteiger partial charge >= 0.3 is 6.18 Å². The molecule has 1 N–H and O–H groups in total. The standard InChI is InChI=1S/C20H15Cl2F3N4O2/c1-28(2)19(31)14-8-5-12(9-16(14)22)27-18(30)15-10-26-29(17(15)20(23,24)25)13-6-3-11(21)4-7-13/h3-10H,1-2H3,(H,27,30). The summed E-state index contributed by atoms with van der Waals surface area (Å²) in [5, 5.41) is 6.48. The molecule has 0 unspecified atom stereocenters. The lowest BCUT2D eigenvalue weighted by Gasteiger charge is -2.14. The van der Waals surface area contributed by atoms with Crippen LogP contribution in [0.5, 0.6) is 0 Å². The molecule has 11 heteroatoms. The van der Waals surface area contributed by atoms with Crippen LogP contribution in [-0.2, 0) is 6.18 Å². The number of rotatable bonds is 4. The number of alkyl halides is 3. The van der Waals surface area contributed by atoms with Gasteiger partial charge in [-0.15, -0.1) is 0 Å². The maximum atomic E-state index is 13.8. The Morgan fingerprint density at radius 1 is 1.03 bits per heavy atom. The van der Waals surface area contributed by atoms with E-state index in [2.05, 4.69) is 10.4 Å². The van der Waals surface area contributed by atoms with Gasteiger partial charge in [-0.25, -0.2) is 4.68 Å². The Morgan fingerprint density at radius 3 is 2.23 bits per heavy atom. The monoisotopic (exact) mass is 470 g/mol. The van der Waals surface area contributed by atoms with Crippen LogP contribution in [-0.4, -0.2) is 40.6 Å². The van der Waals surface area contributed by atoms with Crippen molar-refractivity contribution >= 4 is 40.7 Å². The zero-order valence-electron chi connectivity index (χ0n) is 16.2. The Balaban J connectivity index is 1.94. The molecule has 0 aliphatic heterocycles. The molecule has 31 heavy (non-hydrogen) atoms. The van der Waals surface area contributed by atoms with Gasteiger partial charge in [0.15, 0.2) is 5.69 Å². The number of hydrogen-bond acceptors (Lipinski definition) is 3. The number of hydrogen-bond donors (Lipinski definition) is 1. The van der Waals surface area contributed by atoms with E-state index in [0.29, 0.717) is 9.70 Å². The van der Waals surface area contributed by atoms with E-state index < -0.39 is 23.3 Å². The minimum Gasteiger partial charge on any atom is -0.345 e. The van der Waals surface area contributed by atoms with Crippen LogP contribution in [0.4, 0.5) is 18.9 Å². The fourth-order valence-corrected chi connectivity index (χ4v) is 3.16. The van der Waals surface area contributed by atoms with Gasteiger partial charge in [-0.2, -0.15) is 18.3 Å². The zero-order valence-corrected chi connectivity index (χ0v) is 17.7. The van der Waals surface area contributed by atoms with Crippen LogP contribution in [0.1, 0.15) is 26.4 Å². The molecule has 0 aliphatic carbocycles. The average molecular weight is 471 g/mol. The van der Waals surface area contributed by atoms with Crippen molar-refractivity contribution in [1.29, 1.82) is 0 Å².